The lowest BCUT2D eigenvalue weighted by atomic mass is 10.2. The number of hydrogen-bond donors (Lipinski definition) is 1. The van der Waals surface area contributed by atoms with Crippen LogP contribution in [0.2, 0.25) is 0 Å². The number of nitrogens with zero attached hydrogens (tertiary/aromatic N) is 2. The number of nitrogens with one attached hydrogen (secondary N) is 1. The van der Waals surface area contributed by atoms with Crippen LogP contribution in [0, 0.1) is 5.82 Å². The number of methoxy groups -OCH3 is 1. The van der Waals surface area contributed by atoms with Gasteiger partial charge in [-0.1, -0.05) is 18.2 Å². The lowest BCUT2D eigenvalue weighted by Gasteiger charge is -2.21. The fourth-order valence-corrected chi connectivity index (χ4v) is 4.87. The van der Waals surface area contributed by atoms with Crippen molar-refractivity contribution in [2.24, 2.45) is 0 Å². The molecule has 0 spiro atoms. The summed E-state index contributed by atoms with van der Waals surface area (Å²) < 4.78 is 45.4. The molecule has 0 radical (unpaired) electrons. The van der Waals surface area contributed by atoms with Crippen LogP contribution < -0.4 is 10.1 Å². The molecule has 1 N–H and O–H groups in total. The molecule has 7 nitrogen and oxygen atoms in total. The molecule has 1 amide bonds. The molecule has 1 heterocycles. The number of benzene rings is 2. The van der Waals surface area contributed by atoms with E-state index in [1.165, 1.54) is 16.4 Å². The maximum absolute atomic E-state index is 13.1. The van der Waals surface area contributed by atoms with Crippen LogP contribution in [0.25, 0.3) is 0 Å². The SMILES string of the molecule is COc1ccccc1CNC(=O)CN1CCCN(S(=O)(=O)c2ccc(F)cc2)CC1. The normalized spacial score (nSPS) is 16.1. The minimum Gasteiger partial charge on any atom is -0.496 e. The van der Waals surface area contributed by atoms with Gasteiger partial charge in [-0.3, -0.25) is 9.69 Å². The van der Waals surface area contributed by atoms with E-state index in [1.54, 1.807) is 7.11 Å². The van der Waals surface area contributed by atoms with Gasteiger partial charge in [0.15, 0.2) is 0 Å². The second kappa shape index (κ2) is 10.0. The summed E-state index contributed by atoms with van der Waals surface area (Å²) >= 11 is 0. The molecule has 162 valence electrons. The smallest absolute Gasteiger partial charge is 0.243 e. The summed E-state index contributed by atoms with van der Waals surface area (Å²) in [5.74, 6) is 0.111. The Labute approximate surface area is 176 Å². The van der Waals surface area contributed by atoms with Gasteiger partial charge in [0.05, 0.1) is 18.6 Å². The van der Waals surface area contributed by atoms with E-state index in [2.05, 4.69) is 5.32 Å². The Morgan fingerprint density at radius 3 is 2.53 bits per heavy atom. The van der Waals surface area contributed by atoms with Crippen LogP contribution in [0.4, 0.5) is 4.39 Å². The monoisotopic (exact) mass is 435 g/mol. The molecule has 1 fully saturated rings. The quantitative estimate of drug-likeness (QED) is 0.718. The number of amides is 1. The summed E-state index contributed by atoms with van der Waals surface area (Å²) in [6.07, 6.45) is 0.611. The standard InChI is InChI=1S/C21H26FN3O4S/c1-29-20-6-3-2-5-17(20)15-23-21(26)16-24-11-4-12-25(14-13-24)30(27,28)19-9-7-18(22)8-10-19/h2-3,5-10H,4,11-16H2,1H3,(H,23,26). The molecular formula is C21H26FN3O4S. The minimum absolute atomic E-state index is 0.0758. The Morgan fingerprint density at radius 1 is 1.07 bits per heavy atom. The second-order valence-corrected chi connectivity index (χ2v) is 9.01. The van der Waals surface area contributed by atoms with Crippen molar-refractivity contribution in [3.8, 4) is 5.75 Å². The van der Waals surface area contributed by atoms with Gasteiger partial charge in [0.2, 0.25) is 15.9 Å². The number of rotatable bonds is 7. The summed E-state index contributed by atoms with van der Waals surface area (Å²) in [4.78, 5) is 14.4. The van der Waals surface area contributed by atoms with Crippen LogP contribution in [0.3, 0.4) is 0 Å². The molecule has 9 heteroatoms. The van der Waals surface area contributed by atoms with Crippen molar-refractivity contribution in [3.63, 3.8) is 0 Å². The maximum Gasteiger partial charge on any atom is 0.243 e. The van der Waals surface area contributed by atoms with E-state index in [0.717, 1.165) is 17.7 Å². The molecular weight excluding hydrogens is 409 g/mol. The molecule has 1 saturated heterocycles. The highest BCUT2D eigenvalue weighted by Crippen LogP contribution is 2.19. The van der Waals surface area contributed by atoms with E-state index in [1.807, 2.05) is 29.2 Å². The molecule has 2 aromatic carbocycles. The number of hydrogen-bond acceptors (Lipinski definition) is 5. The largest absolute Gasteiger partial charge is 0.496 e. The Bertz CT molecular complexity index is 966. The zero-order valence-corrected chi connectivity index (χ0v) is 17.7. The van der Waals surface area contributed by atoms with Gasteiger partial charge in [0.1, 0.15) is 11.6 Å². The van der Waals surface area contributed by atoms with Crippen molar-refractivity contribution < 1.29 is 22.3 Å². The zero-order chi connectivity index (χ0) is 21.6. The number of carbonyl (C=O) groups excluding carboxylic acids is 1. The van der Waals surface area contributed by atoms with Crippen molar-refractivity contribution in [1.29, 1.82) is 0 Å². The van der Waals surface area contributed by atoms with Crippen molar-refractivity contribution >= 4 is 15.9 Å². The minimum atomic E-state index is -3.68. The van der Waals surface area contributed by atoms with Gasteiger partial charge in [0.25, 0.3) is 0 Å². The van der Waals surface area contributed by atoms with Gasteiger partial charge >= 0.3 is 0 Å². The third-order valence-corrected chi connectivity index (χ3v) is 6.95. The first-order chi connectivity index (χ1) is 14.4. The maximum atomic E-state index is 13.1. The van der Waals surface area contributed by atoms with Gasteiger partial charge in [-0.2, -0.15) is 4.31 Å². The van der Waals surface area contributed by atoms with Gasteiger partial charge in [-0.25, -0.2) is 12.8 Å². The van der Waals surface area contributed by atoms with Crippen molar-refractivity contribution in [2.75, 3.05) is 39.8 Å². The van der Waals surface area contributed by atoms with E-state index < -0.39 is 15.8 Å². The predicted octanol–water partition coefficient (Wildman–Crippen LogP) is 1.85. The number of halogens is 1. The van der Waals surface area contributed by atoms with E-state index >= 15 is 0 Å². The highest BCUT2D eigenvalue weighted by Gasteiger charge is 2.27. The Kier molecular flexibility index (Phi) is 7.41. The third-order valence-electron chi connectivity index (χ3n) is 5.03. The fourth-order valence-electron chi connectivity index (χ4n) is 3.40. The van der Waals surface area contributed by atoms with Crippen molar-refractivity contribution in [2.45, 2.75) is 17.9 Å². The van der Waals surface area contributed by atoms with Gasteiger partial charge < -0.3 is 10.1 Å². The Balaban J connectivity index is 1.53. The number of sulfonamides is 1. The third kappa shape index (κ3) is 5.56. The summed E-state index contributed by atoms with van der Waals surface area (Å²) in [6.45, 7) is 2.26. The summed E-state index contributed by atoms with van der Waals surface area (Å²) in [6, 6.07) is 12.3. The lowest BCUT2D eigenvalue weighted by Crippen LogP contribution is -2.39. The van der Waals surface area contributed by atoms with Gasteiger partial charge in [0, 0.05) is 31.7 Å². The van der Waals surface area contributed by atoms with Crippen molar-refractivity contribution in [3.05, 3.63) is 59.9 Å². The topological polar surface area (TPSA) is 79.0 Å². The molecule has 1 aliphatic heterocycles. The van der Waals surface area contributed by atoms with E-state index in [-0.39, 0.29) is 23.9 Å². The second-order valence-electron chi connectivity index (χ2n) is 7.08. The van der Waals surface area contributed by atoms with Gasteiger partial charge in [-0.05, 0) is 43.3 Å². The molecule has 3 rings (SSSR count). The van der Waals surface area contributed by atoms with Crippen LogP contribution in [-0.2, 0) is 21.4 Å². The summed E-state index contributed by atoms with van der Waals surface area (Å²) in [5.41, 5.74) is 0.890. The molecule has 0 bridgehead atoms. The fraction of sp³-hybridized carbons (Fsp3) is 0.381. The number of ether oxygens (including phenoxy) is 1. The Hall–Kier alpha value is -2.49. The highest BCUT2D eigenvalue weighted by molar-refractivity contribution is 7.89. The van der Waals surface area contributed by atoms with E-state index in [0.29, 0.717) is 38.3 Å². The molecule has 2 aromatic rings. The molecule has 0 aliphatic carbocycles. The van der Waals surface area contributed by atoms with Crippen LogP contribution >= 0.6 is 0 Å². The first kappa shape index (κ1) is 22.2. The van der Waals surface area contributed by atoms with Crippen molar-refractivity contribution in [1.82, 2.24) is 14.5 Å². The molecule has 1 aliphatic rings. The zero-order valence-electron chi connectivity index (χ0n) is 16.9. The number of para-hydroxylation sites is 1. The van der Waals surface area contributed by atoms with Gasteiger partial charge in [-0.15, -0.1) is 0 Å². The summed E-state index contributed by atoms with van der Waals surface area (Å²) in [5, 5.41) is 2.89. The highest BCUT2D eigenvalue weighted by atomic mass is 32.2. The van der Waals surface area contributed by atoms with Crippen LogP contribution in [-0.4, -0.2) is 63.4 Å². The molecule has 0 unspecified atom stereocenters. The average Bonchev–Trinajstić information content (AvgIpc) is 2.99. The molecule has 0 atom stereocenters. The Morgan fingerprint density at radius 2 is 1.80 bits per heavy atom. The number of carbonyl (C=O) groups is 1. The van der Waals surface area contributed by atoms with Crippen LogP contribution in [0.1, 0.15) is 12.0 Å². The lowest BCUT2D eigenvalue weighted by molar-refractivity contribution is -0.122. The first-order valence-electron chi connectivity index (χ1n) is 9.77. The molecule has 0 saturated carbocycles. The predicted molar refractivity (Wildman–Crippen MR) is 111 cm³/mol. The molecule has 30 heavy (non-hydrogen) atoms. The van der Waals surface area contributed by atoms with E-state index in [9.17, 15) is 17.6 Å². The summed E-state index contributed by atoms with van der Waals surface area (Å²) in [7, 11) is -2.10. The average molecular weight is 436 g/mol. The molecule has 0 aromatic heterocycles. The van der Waals surface area contributed by atoms with Crippen LogP contribution in [0.15, 0.2) is 53.4 Å². The van der Waals surface area contributed by atoms with E-state index in [4.69, 9.17) is 4.74 Å². The first-order valence-corrected chi connectivity index (χ1v) is 11.2. The van der Waals surface area contributed by atoms with Crippen LogP contribution in [0.5, 0.6) is 5.75 Å².